The van der Waals surface area contributed by atoms with Gasteiger partial charge in [-0.3, -0.25) is 0 Å². The Bertz CT molecular complexity index is 637. The molecular formula is C13H18F2O4S2. The van der Waals surface area contributed by atoms with Crippen LogP contribution in [-0.2, 0) is 16.3 Å². The quantitative estimate of drug-likeness (QED) is 0.895. The molecule has 1 heterocycles. The van der Waals surface area contributed by atoms with Crippen LogP contribution in [0, 0.1) is 5.92 Å². The first-order chi connectivity index (χ1) is 9.58. The van der Waals surface area contributed by atoms with Crippen LogP contribution in [0.15, 0.2) is 4.21 Å². The number of fused-ring (bicyclic) bond motifs is 1. The molecule has 2 unspecified atom stereocenters. The van der Waals surface area contributed by atoms with Gasteiger partial charge in [-0.1, -0.05) is 31.6 Å². The summed E-state index contributed by atoms with van der Waals surface area (Å²) in [7, 11) is -3.69. The van der Waals surface area contributed by atoms with Crippen LogP contribution < -0.4 is 4.74 Å². The van der Waals surface area contributed by atoms with Gasteiger partial charge in [0, 0.05) is 23.8 Å². The number of thiophene rings is 1. The molecule has 0 bridgehead atoms. The molecule has 1 aliphatic carbocycles. The van der Waals surface area contributed by atoms with Crippen molar-refractivity contribution in [2.24, 2.45) is 5.92 Å². The molecule has 21 heavy (non-hydrogen) atoms. The number of hydrogen-bond acceptors (Lipinski definition) is 5. The number of hydrogen-bond donors (Lipinski definition) is 1. The van der Waals surface area contributed by atoms with Crippen molar-refractivity contribution in [1.29, 1.82) is 0 Å². The molecule has 1 aliphatic rings. The summed E-state index contributed by atoms with van der Waals surface area (Å²) in [5, 5.41) is 9.91. The monoisotopic (exact) mass is 340 g/mol. The predicted molar refractivity (Wildman–Crippen MR) is 76.0 cm³/mol. The van der Waals surface area contributed by atoms with E-state index in [0.29, 0.717) is 6.61 Å². The SMILES string of the molecule is CCC(C)COc1sc(S(C)(=O)=O)c2c1CC(F)(F)C2O. The summed E-state index contributed by atoms with van der Waals surface area (Å²) in [6.45, 7) is 4.26. The molecule has 120 valence electrons. The Kier molecular flexibility index (Phi) is 4.34. The number of alkyl halides is 2. The van der Waals surface area contributed by atoms with E-state index in [1.165, 1.54) is 0 Å². The van der Waals surface area contributed by atoms with Crippen molar-refractivity contribution in [3.63, 3.8) is 0 Å². The number of sulfone groups is 1. The van der Waals surface area contributed by atoms with Gasteiger partial charge >= 0.3 is 0 Å². The fourth-order valence-electron chi connectivity index (χ4n) is 2.15. The summed E-state index contributed by atoms with van der Waals surface area (Å²) < 4.78 is 56.2. The molecule has 0 amide bonds. The van der Waals surface area contributed by atoms with Gasteiger partial charge in [0.15, 0.2) is 14.9 Å². The molecule has 0 aromatic carbocycles. The van der Waals surface area contributed by atoms with Gasteiger partial charge in [-0.05, 0) is 5.92 Å². The van der Waals surface area contributed by atoms with Crippen LogP contribution in [0.25, 0.3) is 0 Å². The smallest absolute Gasteiger partial charge is 0.281 e. The second-order valence-corrected chi connectivity index (χ2v) is 8.70. The van der Waals surface area contributed by atoms with Crippen molar-refractivity contribution in [2.75, 3.05) is 12.9 Å². The number of aliphatic hydroxyl groups is 1. The second kappa shape index (κ2) is 5.48. The number of aliphatic hydroxyl groups excluding tert-OH is 1. The lowest BCUT2D eigenvalue weighted by molar-refractivity contribution is -0.0976. The summed E-state index contributed by atoms with van der Waals surface area (Å²) in [5.74, 6) is -3.12. The van der Waals surface area contributed by atoms with E-state index in [1.54, 1.807) is 0 Å². The summed E-state index contributed by atoms with van der Waals surface area (Å²) in [4.78, 5) is 0. The first-order valence-corrected chi connectivity index (χ1v) is 9.33. The van der Waals surface area contributed by atoms with Gasteiger partial charge in [0.05, 0.1) is 6.61 Å². The number of rotatable bonds is 5. The minimum Gasteiger partial charge on any atom is -0.483 e. The lowest BCUT2D eigenvalue weighted by Gasteiger charge is -2.15. The van der Waals surface area contributed by atoms with Crippen LogP contribution in [0.2, 0.25) is 0 Å². The Morgan fingerprint density at radius 3 is 2.67 bits per heavy atom. The third-order valence-electron chi connectivity index (χ3n) is 3.60. The third kappa shape index (κ3) is 3.07. The topological polar surface area (TPSA) is 63.6 Å². The van der Waals surface area contributed by atoms with E-state index in [9.17, 15) is 22.3 Å². The van der Waals surface area contributed by atoms with Gasteiger partial charge in [-0.25, -0.2) is 17.2 Å². The van der Waals surface area contributed by atoms with E-state index >= 15 is 0 Å². The fraction of sp³-hybridized carbons (Fsp3) is 0.692. The highest BCUT2D eigenvalue weighted by atomic mass is 32.2. The molecule has 0 saturated heterocycles. The van der Waals surface area contributed by atoms with E-state index < -0.39 is 28.3 Å². The first-order valence-electron chi connectivity index (χ1n) is 6.62. The zero-order chi connectivity index (χ0) is 16.0. The molecule has 0 fully saturated rings. The Labute approximate surface area is 126 Å². The molecular weight excluding hydrogens is 322 g/mol. The Morgan fingerprint density at radius 1 is 1.52 bits per heavy atom. The summed E-state index contributed by atoms with van der Waals surface area (Å²) >= 11 is 0.822. The van der Waals surface area contributed by atoms with Gasteiger partial charge in [0.2, 0.25) is 0 Å². The molecule has 8 heteroatoms. The molecule has 0 aliphatic heterocycles. The third-order valence-corrected chi connectivity index (χ3v) is 6.60. The van der Waals surface area contributed by atoms with Gasteiger partial charge in [0.25, 0.3) is 5.92 Å². The Hall–Kier alpha value is -0.730. The molecule has 2 rings (SSSR count). The highest BCUT2D eigenvalue weighted by Gasteiger charge is 2.51. The maximum atomic E-state index is 13.7. The van der Waals surface area contributed by atoms with E-state index in [4.69, 9.17) is 4.74 Å². The predicted octanol–water partition coefficient (Wildman–Crippen LogP) is 2.80. The van der Waals surface area contributed by atoms with Crippen molar-refractivity contribution in [2.45, 2.75) is 42.9 Å². The average molecular weight is 340 g/mol. The highest BCUT2D eigenvalue weighted by molar-refractivity contribution is 7.92. The van der Waals surface area contributed by atoms with Crippen molar-refractivity contribution >= 4 is 21.2 Å². The van der Waals surface area contributed by atoms with Gasteiger partial charge < -0.3 is 9.84 Å². The van der Waals surface area contributed by atoms with Crippen LogP contribution in [-0.4, -0.2) is 32.3 Å². The van der Waals surface area contributed by atoms with E-state index in [-0.39, 0.29) is 26.3 Å². The standard InChI is InChI=1S/C13H18F2O4S2/c1-4-7(2)6-19-11-8-5-13(14,15)10(16)9(8)12(20-11)21(3,17)18/h7,10,16H,4-6H2,1-3H3. The van der Waals surface area contributed by atoms with Crippen LogP contribution in [0.3, 0.4) is 0 Å². The molecule has 4 nitrogen and oxygen atoms in total. The van der Waals surface area contributed by atoms with Crippen LogP contribution in [0.1, 0.15) is 37.5 Å². The minimum absolute atomic E-state index is 0.126. The Balaban J connectivity index is 2.44. The number of ether oxygens (including phenoxy) is 1. The second-order valence-electron chi connectivity index (χ2n) is 5.51. The van der Waals surface area contributed by atoms with Crippen molar-refractivity contribution in [1.82, 2.24) is 0 Å². The van der Waals surface area contributed by atoms with Crippen LogP contribution in [0.5, 0.6) is 5.06 Å². The maximum absolute atomic E-state index is 13.7. The van der Waals surface area contributed by atoms with Crippen molar-refractivity contribution in [3.05, 3.63) is 11.1 Å². The highest BCUT2D eigenvalue weighted by Crippen LogP contribution is 2.53. The van der Waals surface area contributed by atoms with Crippen molar-refractivity contribution < 1.29 is 27.0 Å². The first kappa shape index (κ1) is 16.6. The normalized spacial score (nSPS) is 22.1. The van der Waals surface area contributed by atoms with Crippen LogP contribution >= 0.6 is 11.3 Å². The summed E-state index contributed by atoms with van der Waals surface area (Å²) in [5.41, 5.74) is -0.0621. The molecule has 0 saturated carbocycles. The van der Waals surface area contributed by atoms with Gasteiger partial charge in [0.1, 0.15) is 10.3 Å². The molecule has 0 radical (unpaired) electrons. The van der Waals surface area contributed by atoms with E-state index in [2.05, 4.69) is 0 Å². The largest absolute Gasteiger partial charge is 0.483 e. The molecule has 1 aromatic rings. The van der Waals surface area contributed by atoms with Gasteiger partial charge in [-0.2, -0.15) is 0 Å². The van der Waals surface area contributed by atoms with Crippen LogP contribution in [0.4, 0.5) is 8.78 Å². The summed E-state index contributed by atoms with van der Waals surface area (Å²) in [6, 6.07) is 0. The molecule has 1 N–H and O–H groups in total. The lowest BCUT2D eigenvalue weighted by Crippen LogP contribution is -2.22. The lowest BCUT2D eigenvalue weighted by atomic mass is 10.1. The average Bonchev–Trinajstić information content (AvgIpc) is 2.82. The maximum Gasteiger partial charge on any atom is 0.281 e. The van der Waals surface area contributed by atoms with E-state index in [1.807, 2.05) is 13.8 Å². The van der Waals surface area contributed by atoms with Gasteiger partial charge in [-0.15, -0.1) is 0 Å². The minimum atomic E-state index is -3.69. The van der Waals surface area contributed by atoms with Crippen molar-refractivity contribution in [3.8, 4) is 5.06 Å². The molecule has 0 spiro atoms. The zero-order valence-corrected chi connectivity index (χ0v) is 13.7. The van der Waals surface area contributed by atoms with E-state index in [0.717, 1.165) is 24.0 Å². The molecule has 1 aromatic heterocycles. The fourth-order valence-corrected chi connectivity index (χ4v) is 4.56. The summed E-state index contributed by atoms with van der Waals surface area (Å²) in [6.07, 6.45) is -0.966. The Morgan fingerprint density at radius 2 is 2.14 bits per heavy atom. The number of halogens is 2. The molecule has 2 atom stereocenters. The zero-order valence-electron chi connectivity index (χ0n) is 12.0.